The van der Waals surface area contributed by atoms with Gasteiger partial charge >= 0.3 is 0 Å². The zero-order valence-corrected chi connectivity index (χ0v) is 13.4. The molecule has 1 saturated heterocycles. The van der Waals surface area contributed by atoms with Crippen LogP contribution in [0.5, 0.6) is 0 Å². The molecule has 2 N–H and O–H groups in total. The summed E-state index contributed by atoms with van der Waals surface area (Å²) in [6.45, 7) is 4.04. The van der Waals surface area contributed by atoms with Gasteiger partial charge < -0.3 is 9.72 Å². The summed E-state index contributed by atoms with van der Waals surface area (Å²) in [7, 11) is -3.56. The normalized spacial score (nSPS) is 16.7. The van der Waals surface area contributed by atoms with Gasteiger partial charge in [0.15, 0.2) is 0 Å². The Labute approximate surface area is 134 Å². The Morgan fingerprint density at radius 3 is 2.74 bits per heavy atom. The highest BCUT2D eigenvalue weighted by molar-refractivity contribution is 7.89. The third kappa shape index (κ3) is 3.97. The number of ether oxygens (including phenoxy) is 1. The number of aromatic amines is 1. The summed E-state index contributed by atoms with van der Waals surface area (Å²) in [5.74, 6) is 0. The number of rotatable bonds is 5. The van der Waals surface area contributed by atoms with Gasteiger partial charge in [-0.2, -0.15) is 0 Å². The molecule has 0 saturated carbocycles. The maximum Gasteiger partial charge on any atom is 0.248 e. The van der Waals surface area contributed by atoms with Crippen molar-refractivity contribution in [2.24, 2.45) is 0 Å². The van der Waals surface area contributed by atoms with Crippen molar-refractivity contribution in [3.8, 4) is 0 Å². The minimum atomic E-state index is -3.56. The third-order valence-electron chi connectivity index (χ3n) is 3.83. The molecule has 124 valence electrons. The van der Waals surface area contributed by atoms with Crippen LogP contribution in [-0.2, 0) is 14.8 Å². The summed E-state index contributed by atoms with van der Waals surface area (Å²) in [6.07, 6.45) is 0. The topological polar surface area (TPSA) is 91.5 Å². The largest absolute Gasteiger partial charge is 0.379 e. The highest BCUT2D eigenvalue weighted by Crippen LogP contribution is 2.16. The van der Waals surface area contributed by atoms with Gasteiger partial charge in [0.05, 0.1) is 18.1 Å². The van der Waals surface area contributed by atoms with Gasteiger partial charge in [0.1, 0.15) is 0 Å². The monoisotopic (exact) mass is 337 g/mol. The summed E-state index contributed by atoms with van der Waals surface area (Å²) < 4.78 is 32.6. The van der Waals surface area contributed by atoms with E-state index in [9.17, 15) is 13.2 Å². The summed E-state index contributed by atoms with van der Waals surface area (Å²) in [5, 5.41) is 0.681. The van der Waals surface area contributed by atoms with Crippen LogP contribution in [0.4, 0.5) is 0 Å². The SMILES string of the molecule is O=c1ccc2cc(S(=O)(=O)NCCN3CCOCC3)ccc2[nH]1. The van der Waals surface area contributed by atoms with E-state index in [1.165, 1.54) is 12.1 Å². The van der Waals surface area contributed by atoms with E-state index in [1.807, 2.05) is 0 Å². The van der Waals surface area contributed by atoms with Crippen LogP contribution < -0.4 is 10.3 Å². The molecule has 7 nitrogen and oxygen atoms in total. The number of aromatic nitrogens is 1. The molecular formula is C15H19N3O4S. The first-order valence-electron chi connectivity index (χ1n) is 7.47. The maximum atomic E-state index is 12.4. The number of morpholine rings is 1. The van der Waals surface area contributed by atoms with E-state index < -0.39 is 10.0 Å². The number of nitrogens with one attached hydrogen (secondary N) is 2. The van der Waals surface area contributed by atoms with Crippen molar-refractivity contribution in [1.29, 1.82) is 0 Å². The molecule has 0 atom stereocenters. The molecule has 0 aliphatic carbocycles. The van der Waals surface area contributed by atoms with Gasteiger partial charge in [-0.1, -0.05) is 0 Å². The van der Waals surface area contributed by atoms with Gasteiger partial charge in [-0.3, -0.25) is 9.69 Å². The van der Waals surface area contributed by atoms with Crippen molar-refractivity contribution in [3.63, 3.8) is 0 Å². The zero-order chi connectivity index (χ0) is 16.3. The van der Waals surface area contributed by atoms with Crippen LogP contribution >= 0.6 is 0 Å². The number of fused-ring (bicyclic) bond motifs is 1. The smallest absolute Gasteiger partial charge is 0.248 e. The zero-order valence-electron chi connectivity index (χ0n) is 12.6. The molecule has 8 heteroatoms. The molecule has 0 radical (unpaired) electrons. The second kappa shape index (κ2) is 6.79. The van der Waals surface area contributed by atoms with Crippen LogP contribution in [-0.4, -0.2) is 57.7 Å². The molecule has 0 unspecified atom stereocenters. The Hall–Kier alpha value is -1.74. The van der Waals surface area contributed by atoms with E-state index in [0.29, 0.717) is 37.2 Å². The minimum Gasteiger partial charge on any atom is -0.379 e. The highest BCUT2D eigenvalue weighted by Gasteiger charge is 2.16. The van der Waals surface area contributed by atoms with Gasteiger partial charge in [-0.25, -0.2) is 13.1 Å². The number of hydrogen-bond donors (Lipinski definition) is 2. The molecule has 2 heterocycles. The lowest BCUT2D eigenvalue weighted by atomic mass is 10.2. The molecule has 1 aliphatic heterocycles. The van der Waals surface area contributed by atoms with Crippen LogP contribution in [0.25, 0.3) is 10.9 Å². The number of hydrogen-bond acceptors (Lipinski definition) is 5. The summed E-state index contributed by atoms with van der Waals surface area (Å²) in [6, 6.07) is 7.65. The number of sulfonamides is 1. The molecular weight excluding hydrogens is 318 g/mol. The van der Waals surface area contributed by atoms with Gasteiger partial charge in [-0.15, -0.1) is 0 Å². The maximum absolute atomic E-state index is 12.4. The molecule has 3 rings (SSSR count). The highest BCUT2D eigenvalue weighted by atomic mass is 32.2. The van der Waals surface area contributed by atoms with E-state index in [1.54, 1.807) is 18.2 Å². The fourth-order valence-electron chi connectivity index (χ4n) is 2.55. The number of nitrogens with zero attached hydrogens (tertiary/aromatic N) is 1. The summed E-state index contributed by atoms with van der Waals surface area (Å²) in [4.78, 5) is 16.3. The number of pyridine rings is 1. The van der Waals surface area contributed by atoms with Crippen LogP contribution in [0.15, 0.2) is 40.0 Å². The van der Waals surface area contributed by atoms with Gasteiger partial charge in [0.2, 0.25) is 15.6 Å². The number of benzene rings is 1. The molecule has 1 aromatic carbocycles. The molecule has 0 bridgehead atoms. The van der Waals surface area contributed by atoms with Crippen molar-refractivity contribution < 1.29 is 13.2 Å². The Kier molecular flexibility index (Phi) is 4.76. The van der Waals surface area contributed by atoms with Gasteiger partial charge in [-0.05, 0) is 29.7 Å². The summed E-state index contributed by atoms with van der Waals surface area (Å²) in [5.41, 5.74) is 0.404. The van der Waals surface area contributed by atoms with Gasteiger partial charge in [0, 0.05) is 37.8 Å². The first-order valence-corrected chi connectivity index (χ1v) is 8.96. The van der Waals surface area contributed by atoms with Crippen molar-refractivity contribution in [2.75, 3.05) is 39.4 Å². The Morgan fingerprint density at radius 2 is 1.96 bits per heavy atom. The van der Waals surface area contributed by atoms with E-state index >= 15 is 0 Å². The first kappa shape index (κ1) is 16.1. The average molecular weight is 337 g/mol. The lowest BCUT2D eigenvalue weighted by Crippen LogP contribution is -2.41. The first-order chi connectivity index (χ1) is 11.0. The van der Waals surface area contributed by atoms with Crippen molar-refractivity contribution in [2.45, 2.75) is 4.90 Å². The Bertz CT molecular complexity index is 841. The third-order valence-corrected chi connectivity index (χ3v) is 5.29. The van der Waals surface area contributed by atoms with Gasteiger partial charge in [0.25, 0.3) is 0 Å². The molecule has 1 aliphatic rings. The van der Waals surface area contributed by atoms with E-state index in [4.69, 9.17) is 4.74 Å². The molecule has 0 amide bonds. The second-order valence-corrected chi connectivity index (χ2v) is 7.19. The molecule has 0 spiro atoms. The van der Waals surface area contributed by atoms with Crippen LogP contribution in [0, 0.1) is 0 Å². The van der Waals surface area contributed by atoms with Crippen LogP contribution in [0.3, 0.4) is 0 Å². The fraction of sp³-hybridized carbons (Fsp3) is 0.400. The predicted molar refractivity (Wildman–Crippen MR) is 87.0 cm³/mol. The molecule has 1 fully saturated rings. The number of H-pyrrole nitrogens is 1. The van der Waals surface area contributed by atoms with Crippen LogP contribution in [0.1, 0.15) is 0 Å². The Morgan fingerprint density at radius 1 is 1.17 bits per heavy atom. The quantitative estimate of drug-likeness (QED) is 0.810. The second-order valence-electron chi connectivity index (χ2n) is 5.42. The molecule has 23 heavy (non-hydrogen) atoms. The van der Waals surface area contributed by atoms with Crippen molar-refractivity contribution in [1.82, 2.24) is 14.6 Å². The van der Waals surface area contributed by atoms with E-state index in [0.717, 1.165) is 13.1 Å². The Balaban J connectivity index is 1.69. The minimum absolute atomic E-state index is 0.194. The van der Waals surface area contributed by atoms with E-state index in [-0.39, 0.29) is 10.5 Å². The molecule has 2 aromatic rings. The molecule has 1 aromatic heterocycles. The van der Waals surface area contributed by atoms with E-state index in [2.05, 4.69) is 14.6 Å². The average Bonchev–Trinajstić information content (AvgIpc) is 2.55. The van der Waals surface area contributed by atoms with Crippen molar-refractivity contribution >= 4 is 20.9 Å². The van der Waals surface area contributed by atoms with Crippen LogP contribution in [0.2, 0.25) is 0 Å². The lowest BCUT2D eigenvalue weighted by Gasteiger charge is -2.26. The standard InChI is InChI=1S/C15H19N3O4S/c19-15-4-1-12-11-13(2-3-14(12)17-15)23(20,21)16-5-6-18-7-9-22-10-8-18/h1-4,11,16H,5-10H2,(H,17,19). The summed E-state index contributed by atoms with van der Waals surface area (Å²) >= 11 is 0. The lowest BCUT2D eigenvalue weighted by molar-refractivity contribution is 0.0390. The fourth-order valence-corrected chi connectivity index (χ4v) is 3.60. The van der Waals surface area contributed by atoms with Crippen molar-refractivity contribution in [3.05, 3.63) is 40.7 Å². The predicted octanol–water partition coefficient (Wildman–Crippen LogP) is 0.139.